The molecule has 0 aromatic heterocycles. The second-order valence-electron chi connectivity index (χ2n) is 15.2. The van der Waals surface area contributed by atoms with E-state index in [1.807, 2.05) is 20.8 Å². The highest BCUT2D eigenvalue weighted by Crippen LogP contribution is 2.68. The smallest absolute Gasteiger partial charge is 0.311 e. The van der Waals surface area contributed by atoms with Crippen LogP contribution in [0.2, 0.25) is 0 Å². The fraction of sp³-hybridized carbons (Fsp3) is 0.969. The van der Waals surface area contributed by atoms with Crippen molar-refractivity contribution in [2.75, 3.05) is 0 Å². The van der Waals surface area contributed by atoms with Crippen LogP contribution in [0.1, 0.15) is 127 Å². The molecule has 0 spiro atoms. The van der Waals surface area contributed by atoms with Crippen LogP contribution in [0, 0.1) is 57.7 Å². The van der Waals surface area contributed by atoms with E-state index in [9.17, 15) is 9.90 Å². The average Bonchev–Trinajstić information content (AvgIpc) is 3.12. The topological polar surface area (TPSA) is 46.5 Å². The van der Waals surface area contributed by atoms with Crippen molar-refractivity contribution in [1.29, 1.82) is 0 Å². The molecule has 4 aliphatic carbocycles. The molecule has 0 saturated heterocycles. The van der Waals surface area contributed by atoms with Gasteiger partial charge in [-0.05, 0) is 118 Å². The first kappa shape index (κ1) is 26.1. The van der Waals surface area contributed by atoms with Crippen molar-refractivity contribution in [2.24, 2.45) is 57.7 Å². The van der Waals surface area contributed by atoms with Crippen LogP contribution in [-0.2, 0) is 9.53 Å². The molecular weight excluding hydrogens is 432 g/mol. The highest BCUT2D eigenvalue weighted by Gasteiger charge is 2.63. The predicted molar refractivity (Wildman–Crippen MR) is 144 cm³/mol. The van der Waals surface area contributed by atoms with E-state index in [0.717, 1.165) is 30.6 Å². The SMILES string of the molecule is [2H][C@@H]1C[C@@]2(C)[C@H](C[C@@H]1O)[C@H](OC(=O)C(C)(C)C)C[C@@H]1[C@@H]2CC[C@]2(C)[C@@H]([C@H](C)CCCC(C)C)CC[C@@H]12. The summed E-state index contributed by atoms with van der Waals surface area (Å²) in [6.07, 6.45) is 10.4. The number of esters is 1. The standard InChI is InChI=1S/C32H56O3/c1-20(2)10-9-11-21(3)24-12-13-25-23-19-28(35-29(34)30(4,5)6)27-18-22(33)14-16-32(27,8)26(23)15-17-31(24,25)7/h20-28,33H,9-19H2,1-8H3/t21-,22-,23+,24-,25+,26+,27-,28-,31-,32-/m1/s1/i14D/t14-,21-,22-,23+,24-,25+,26+,27-,28-,31-,32-. The lowest BCUT2D eigenvalue weighted by Crippen LogP contribution is -2.59. The van der Waals surface area contributed by atoms with Crippen molar-refractivity contribution in [1.82, 2.24) is 0 Å². The zero-order valence-electron chi connectivity index (χ0n) is 25.1. The Morgan fingerprint density at radius 3 is 2.34 bits per heavy atom. The lowest BCUT2D eigenvalue weighted by Gasteiger charge is -2.62. The third-order valence-electron chi connectivity index (χ3n) is 11.5. The second-order valence-corrected chi connectivity index (χ2v) is 15.2. The monoisotopic (exact) mass is 489 g/mol. The summed E-state index contributed by atoms with van der Waals surface area (Å²) in [6.45, 7) is 18.0. The molecule has 0 amide bonds. The third-order valence-corrected chi connectivity index (χ3v) is 11.5. The van der Waals surface area contributed by atoms with E-state index in [4.69, 9.17) is 6.11 Å². The normalized spacial score (nSPS) is 46.9. The number of aliphatic hydroxyl groups excluding tert-OH is 1. The Kier molecular flexibility index (Phi) is 7.41. The van der Waals surface area contributed by atoms with Gasteiger partial charge in [0.05, 0.1) is 11.5 Å². The minimum Gasteiger partial charge on any atom is -0.462 e. The molecule has 3 heteroatoms. The summed E-state index contributed by atoms with van der Waals surface area (Å²) < 4.78 is 15.0. The highest BCUT2D eigenvalue weighted by molar-refractivity contribution is 5.75. The molecule has 0 aliphatic heterocycles. The Hall–Kier alpha value is -0.570. The van der Waals surface area contributed by atoms with Crippen LogP contribution in [0.25, 0.3) is 0 Å². The zero-order chi connectivity index (χ0) is 26.6. The van der Waals surface area contributed by atoms with Crippen LogP contribution in [0.4, 0.5) is 0 Å². The quantitative estimate of drug-likeness (QED) is 0.384. The van der Waals surface area contributed by atoms with Crippen molar-refractivity contribution in [3.63, 3.8) is 0 Å². The summed E-state index contributed by atoms with van der Waals surface area (Å²) in [6, 6.07) is 0. The van der Waals surface area contributed by atoms with E-state index < -0.39 is 17.9 Å². The molecule has 4 fully saturated rings. The Morgan fingerprint density at radius 2 is 1.69 bits per heavy atom. The number of carbonyl (C=O) groups is 1. The van der Waals surface area contributed by atoms with Crippen LogP contribution in [0.5, 0.6) is 0 Å². The van der Waals surface area contributed by atoms with Gasteiger partial charge in [0.25, 0.3) is 0 Å². The molecular formula is C32H56O3. The van der Waals surface area contributed by atoms with E-state index in [-0.39, 0.29) is 23.4 Å². The van der Waals surface area contributed by atoms with Gasteiger partial charge in [-0.3, -0.25) is 4.79 Å². The molecule has 0 radical (unpaired) electrons. The van der Waals surface area contributed by atoms with Crippen molar-refractivity contribution < 1.29 is 16.0 Å². The molecule has 0 bridgehead atoms. The highest BCUT2D eigenvalue weighted by atomic mass is 16.5. The van der Waals surface area contributed by atoms with E-state index in [0.29, 0.717) is 29.6 Å². The summed E-state index contributed by atoms with van der Waals surface area (Å²) in [5, 5.41) is 10.7. The maximum absolute atomic E-state index is 13.1. The minimum atomic E-state index is -0.605. The first-order valence-corrected chi connectivity index (χ1v) is 15.0. The van der Waals surface area contributed by atoms with E-state index in [1.54, 1.807) is 0 Å². The number of fused-ring (bicyclic) bond motifs is 5. The number of hydrogen-bond donors (Lipinski definition) is 1. The number of aliphatic hydroxyl groups is 1. The molecule has 202 valence electrons. The van der Waals surface area contributed by atoms with Gasteiger partial charge in [-0.25, -0.2) is 0 Å². The number of rotatable bonds is 6. The number of hydrogen-bond acceptors (Lipinski definition) is 3. The van der Waals surface area contributed by atoms with E-state index >= 15 is 0 Å². The Labute approximate surface area is 218 Å². The lowest BCUT2D eigenvalue weighted by molar-refractivity contribution is -0.199. The van der Waals surface area contributed by atoms with Crippen molar-refractivity contribution in [3.8, 4) is 0 Å². The third kappa shape index (κ3) is 5.10. The zero-order valence-corrected chi connectivity index (χ0v) is 24.1. The summed E-state index contributed by atoms with van der Waals surface area (Å²) in [4.78, 5) is 13.1. The molecule has 0 aromatic rings. The maximum Gasteiger partial charge on any atom is 0.311 e. The van der Waals surface area contributed by atoms with Crippen molar-refractivity contribution in [3.05, 3.63) is 0 Å². The molecule has 3 nitrogen and oxygen atoms in total. The molecule has 0 heterocycles. The van der Waals surface area contributed by atoms with Crippen LogP contribution in [0.15, 0.2) is 0 Å². The van der Waals surface area contributed by atoms with E-state index in [1.165, 1.54) is 44.9 Å². The summed E-state index contributed by atoms with van der Waals surface area (Å²) in [7, 11) is 0. The predicted octanol–water partition coefficient (Wildman–Crippen LogP) is 8.04. The lowest BCUT2D eigenvalue weighted by atomic mass is 9.43. The molecule has 4 rings (SSSR count). The fourth-order valence-electron chi connectivity index (χ4n) is 9.51. The first-order valence-electron chi connectivity index (χ1n) is 15.6. The van der Waals surface area contributed by atoms with Crippen molar-refractivity contribution >= 4 is 5.97 Å². The molecule has 35 heavy (non-hydrogen) atoms. The summed E-state index contributed by atoms with van der Waals surface area (Å²) in [5.41, 5.74) is -0.169. The van der Waals surface area contributed by atoms with Gasteiger partial charge < -0.3 is 9.84 Å². The Bertz CT molecular complexity index is 789. The largest absolute Gasteiger partial charge is 0.462 e. The summed E-state index contributed by atoms with van der Waals surface area (Å²) >= 11 is 0. The fourth-order valence-corrected chi connectivity index (χ4v) is 9.51. The second kappa shape index (κ2) is 9.95. The van der Waals surface area contributed by atoms with Gasteiger partial charge >= 0.3 is 5.97 Å². The van der Waals surface area contributed by atoms with Crippen molar-refractivity contribution in [2.45, 2.75) is 138 Å². The Balaban J connectivity index is 1.59. The minimum absolute atomic E-state index is 0.0281. The Morgan fingerprint density at radius 1 is 1.00 bits per heavy atom. The van der Waals surface area contributed by atoms with Crippen LogP contribution < -0.4 is 0 Å². The summed E-state index contributed by atoms with van der Waals surface area (Å²) in [5.74, 6) is 4.26. The molecule has 1 N–H and O–H groups in total. The van der Waals surface area contributed by atoms with Gasteiger partial charge in [0.2, 0.25) is 0 Å². The molecule has 4 saturated carbocycles. The maximum atomic E-state index is 13.1. The molecule has 0 aromatic carbocycles. The van der Waals surface area contributed by atoms with Gasteiger partial charge in [0.1, 0.15) is 6.10 Å². The molecule has 0 unspecified atom stereocenters. The van der Waals surface area contributed by atoms with Crippen LogP contribution in [-0.4, -0.2) is 23.3 Å². The van der Waals surface area contributed by atoms with Gasteiger partial charge in [0, 0.05) is 7.29 Å². The van der Waals surface area contributed by atoms with Gasteiger partial charge in [0.15, 0.2) is 0 Å². The molecule has 4 aliphatic rings. The average molecular weight is 490 g/mol. The first-order chi connectivity index (χ1) is 16.7. The van der Waals surface area contributed by atoms with Gasteiger partial charge in [-0.2, -0.15) is 0 Å². The molecule has 11 atom stereocenters. The van der Waals surface area contributed by atoms with Gasteiger partial charge in [-0.15, -0.1) is 0 Å². The number of ether oxygens (including phenoxy) is 1. The van der Waals surface area contributed by atoms with Crippen LogP contribution in [0.3, 0.4) is 0 Å². The van der Waals surface area contributed by atoms with Gasteiger partial charge in [-0.1, -0.05) is 53.9 Å². The van der Waals surface area contributed by atoms with Crippen LogP contribution >= 0.6 is 0 Å². The number of carbonyl (C=O) groups excluding carboxylic acids is 1. The van der Waals surface area contributed by atoms with E-state index in [2.05, 4.69) is 34.6 Å².